The molecule has 0 aliphatic rings. The molecule has 0 aliphatic carbocycles. The summed E-state index contributed by atoms with van der Waals surface area (Å²) in [5.74, 6) is -1.21. The van der Waals surface area contributed by atoms with Gasteiger partial charge in [0.15, 0.2) is 6.04 Å². The van der Waals surface area contributed by atoms with E-state index in [-0.39, 0.29) is 6.54 Å². The smallest absolute Gasteiger partial charge is 0.350 e. The van der Waals surface area contributed by atoms with Gasteiger partial charge in [-0.3, -0.25) is 4.79 Å². The molecule has 1 atom stereocenters. The zero-order valence-corrected chi connectivity index (χ0v) is 8.36. The van der Waals surface area contributed by atoms with Crippen molar-refractivity contribution in [3.63, 3.8) is 0 Å². The van der Waals surface area contributed by atoms with Gasteiger partial charge in [-0.25, -0.2) is 0 Å². The molecule has 1 aromatic rings. The first-order chi connectivity index (χ1) is 6.91. The minimum atomic E-state index is -4.69. The number of amides is 1. The van der Waals surface area contributed by atoms with E-state index in [1.165, 1.54) is 11.3 Å². The lowest BCUT2D eigenvalue weighted by Crippen LogP contribution is -2.49. The molecule has 1 aromatic heterocycles. The number of thiophene rings is 1. The Balaban J connectivity index is 2.43. The zero-order chi connectivity index (χ0) is 11.5. The van der Waals surface area contributed by atoms with E-state index < -0.39 is 18.1 Å². The van der Waals surface area contributed by atoms with Crippen LogP contribution in [0.15, 0.2) is 17.5 Å². The van der Waals surface area contributed by atoms with Gasteiger partial charge in [-0.05, 0) is 11.4 Å². The fourth-order valence-electron chi connectivity index (χ4n) is 0.846. The number of nitrogens with one attached hydrogen (secondary N) is 1. The van der Waals surface area contributed by atoms with Crippen LogP contribution in [0.2, 0.25) is 0 Å². The van der Waals surface area contributed by atoms with Crippen molar-refractivity contribution in [1.29, 1.82) is 0 Å². The standard InChI is InChI=1S/C8H9F3N2OS/c9-8(10,11)6(12)7(14)13-4-5-2-1-3-15-5/h1-3,6H,4,12H2,(H,13,14). The third kappa shape index (κ3) is 3.52. The van der Waals surface area contributed by atoms with Gasteiger partial charge in [0.2, 0.25) is 5.91 Å². The average molecular weight is 238 g/mol. The Kier molecular flexibility index (Phi) is 3.70. The maximum absolute atomic E-state index is 12.0. The van der Waals surface area contributed by atoms with Gasteiger partial charge in [0.1, 0.15) is 0 Å². The SMILES string of the molecule is NC(C(=O)NCc1cccs1)C(F)(F)F. The Bertz CT molecular complexity index is 323. The van der Waals surface area contributed by atoms with Crippen molar-refractivity contribution in [2.75, 3.05) is 0 Å². The quantitative estimate of drug-likeness (QED) is 0.832. The van der Waals surface area contributed by atoms with E-state index in [9.17, 15) is 18.0 Å². The first kappa shape index (κ1) is 12.0. The van der Waals surface area contributed by atoms with Crippen molar-refractivity contribution in [2.24, 2.45) is 5.73 Å². The molecule has 84 valence electrons. The number of nitrogens with two attached hydrogens (primary N) is 1. The Morgan fingerprint density at radius 1 is 1.60 bits per heavy atom. The van der Waals surface area contributed by atoms with E-state index in [4.69, 9.17) is 5.73 Å². The van der Waals surface area contributed by atoms with Gasteiger partial charge < -0.3 is 11.1 Å². The normalized spacial score (nSPS) is 13.6. The molecule has 7 heteroatoms. The van der Waals surface area contributed by atoms with E-state index in [2.05, 4.69) is 5.32 Å². The molecule has 0 spiro atoms. The third-order valence-corrected chi connectivity index (χ3v) is 2.53. The minimum absolute atomic E-state index is 0.0697. The third-order valence-electron chi connectivity index (χ3n) is 1.65. The van der Waals surface area contributed by atoms with E-state index >= 15 is 0 Å². The summed E-state index contributed by atoms with van der Waals surface area (Å²) in [5.41, 5.74) is 4.70. The highest BCUT2D eigenvalue weighted by molar-refractivity contribution is 7.09. The van der Waals surface area contributed by atoms with Crippen LogP contribution < -0.4 is 11.1 Å². The molecule has 0 radical (unpaired) electrons. The predicted octanol–water partition coefficient (Wildman–Crippen LogP) is 1.25. The minimum Gasteiger partial charge on any atom is -0.350 e. The van der Waals surface area contributed by atoms with Gasteiger partial charge in [-0.15, -0.1) is 11.3 Å². The number of carbonyl (C=O) groups is 1. The second kappa shape index (κ2) is 4.63. The van der Waals surface area contributed by atoms with Gasteiger partial charge in [-0.1, -0.05) is 6.07 Å². The van der Waals surface area contributed by atoms with Crippen LogP contribution in [0.4, 0.5) is 13.2 Å². The van der Waals surface area contributed by atoms with E-state index in [0.717, 1.165) is 4.88 Å². The lowest BCUT2D eigenvalue weighted by molar-refractivity contribution is -0.162. The first-order valence-electron chi connectivity index (χ1n) is 4.03. The molecule has 0 aliphatic heterocycles. The van der Waals surface area contributed by atoms with E-state index in [0.29, 0.717) is 0 Å². The molecular formula is C8H9F3N2OS. The predicted molar refractivity (Wildman–Crippen MR) is 50.2 cm³/mol. The van der Waals surface area contributed by atoms with Crippen molar-refractivity contribution in [2.45, 2.75) is 18.8 Å². The highest BCUT2D eigenvalue weighted by Gasteiger charge is 2.41. The van der Waals surface area contributed by atoms with Gasteiger partial charge in [-0.2, -0.15) is 13.2 Å². The lowest BCUT2D eigenvalue weighted by atomic mass is 10.3. The van der Waals surface area contributed by atoms with Crippen LogP contribution in [0.1, 0.15) is 4.88 Å². The largest absolute Gasteiger partial charge is 0.412 e. The van der Waals surface area contributed by atoms with E-state index in [1.54, 1.807) is 17.5 Å². The average Bonchev–Trinajstić information content (AvgIpc) is 2.63. The maximum atomic E-state index is 12.0. The molecule has 1 heterocycles. The summed E-state index contributed by atoms with van der Waals surface area (Å²) in [5, 5.41) is 3.89. The maximum Gasteiger partial charge on any atom is 0.412 e. The van der Waals surface area contributed by atoms with Gasteiger partial charge in [0, 0.05) is 4.88 Å². The summed E-state index contributed by atoms with van der Waals surface area (Å²) >= 11 is 1.35. The number of alkyl halides is 3. The molecule has 0 fully saturated rings. The monoisotopic (exact) mass is 238 g/mol. The van der Waals surface area contributed by atoms with Crippen LogP contribution in [-0.2, 0) is 11.3 Å². The van der Waals surface area contributed by atoms with E-state index in [1.807, 2.05) is 0 Å². The van der Waals surface area contributed by atoms with Crippen molar-refractivity contribution >= 4 is 17.2 Å². The Morgan fingerprint density at radius 2 is 2.27 bits per heavy atom. The second-order valence-electron chi connectivity index (χ2n) is 2.82. The Morgan fingerprint density at radius 3 is 2.73 bits per heavy atom. The summed E-state index contributed by atoms with van der Waals surface area (Å²) in [7, 11) is 0. The summed E-state index contributed by atoms with van der Waals surface area (Å²) in [6.45, 7) is 0.0697. The number of carbonyl (C=O) groups excluding carboxylic acids is 1. The van der Waals surface area contributed by atoms with Gasteiger partial charge in [0.25, 0.3) is 0 Å². The van der Waals surface area contributed by atoms with Crippen LogP contribution >= 0.6 is 11.3 Å². The summed E-state index contributed by atoms with van der Waals surface area (Å²) in [6.07, 6.45) is -4.69. The molecule has 0 saturated heterocycles. The van der Waals surface area contributed by atoms with Crippen LogP contribution in [0.25, 0.3) is 0 Å². The van der Waals surface area contributed by atoms with Crippen molar-refractivity contribution in [3.05, 3.63) is 22.4 Å². The summed E-state index contributed by atoms with van der Waals surface area (Å²) < 4.78 is 35.9. The molecule has 15 heavy (non-hydrogen) atoms. The molecule has 1 rings (SSSR count). The molecule has 3 N–H and O–H groups in total. The molecule has 1 unspecified atom stereocenters. The van der Waals surface area contributed by atoms with Crippen LogP contribution in [0.3, 0.4) is 0 Å². The highest BCUT2D eigenvalue weighted by Crippen LogP contribution is 2.18. The van der Waals surface area contributed by atoms with Crippen molar-refractivity contribution in [3.8, 4) is 0 Å². The topological polar surface area (TPSA) is 55.1 Å². The number of halogens is 3. The van der Waals surface area contributed by atoms with Gasteiger partial charge >= 0.3 is 6.18 Å². The molecule has 0 saturated carbocycles. The number of hydrogen-bond acceptors (Lipinski definition) is 3. The van der Waals surface area contributed by atoms with Gasteiger partial charge in [0.05, 0.1) is 6.54 Å². The second-order valence-corrected chi connectivity index (χ2v) is 3.85. The number of hydrogen-bond donors (Lipinski definition) is 2. The lowest BCUT2D eigenvalue weighted by Gasteiger charge is -2.14. The molecular weight excluding hydrogens is 229 g/mol. The van der Waals surface area contributed by atoms with Crippen LogP contribution in [0, 0.1) is 0 Å². The molecule has 0 aromatic carbocycles. The highest BCUT2D eigenvalue weighted by atomic mass is 32.1. The van der Waals surface area contributed by atoms with Crippen molar-refractivity contribution < 1.29 is 18.0 Å². The van der Waals surface area contributed by atoms with Crippen LogP contribution in [0.5, 0.6) is 0 Å². The fourth-order valence-corrected chi connectivity index (χ4v) is 1.49. The summed E-state index contributed by atoms with van der Waals surface area (Å²) in [4.78, 5) is 11.7. The van der Waals surface area contributed by atoms with Crippen molar-refractivity contribution in [1.82, 2.24) is 5.32 Å². The molecule has 0 bridgehead atoms. The first-order valence-corrected chi connectivity index (χ1v) is 4.91. The Hall–Kier alpha value is -1.08. The molecule has 1 amide bonds. The summed E-state index contributed by atoms with van der Waals surface area (Å²) in [6, 6.07) is 0.998. The van der Waals surface area contributed by atoms with Crippen LogP contribution in [-0.4, -0.2) is 18.1 Å². The fraction of sp³-hybridized carbons (Fsp3) is 0.375. The Labute approximate surface area is 88.1 Å². The zero-order valence-electron chi connectivity index (χ0n) is 7.54. The molecule has 3 nitrogen and oxygen atoms in total. The number of rotatable bonds is 3.